The van der Waals surface area contributed by atoms with Crippen molar-refractivity contribution < 1.29 is 18.3 Å². The van der Waals surface area contributed by atoms with Crippen molar-refractivity contribution in [3.8, 4) is 16.9 Å². The maximum Gasteiger partial charge on any atom is 0.270 e. The van der Waals surface area contributed by atoms with Gasteiger partial charge in [0.1, 0.15) is 17.3 Å². The number of carbonyl (C=O) groups excluding carboxylic acids is 1. The van der Waals surface area contributed by atoms with E-state index < -0.39 is 5.82 Å². The van der Waals surface area contributed by atoms with Gasteiger partial charge in [0.05, 0.1) is 24.6 Å². The number of hydrogen-bond donors (Lipinski definition) is 1. The molecule has 1 amide bonds. The van der Waals surface area contributed by atoms with Gasteiger partial charge in [0.25, 0.3) is 5.91 Å². The second-order valence-electron chi connectivity index (χ2n) is 7.35. The number of nitrogens with zero attached hydrogens (tertiary/aromatic N) is 3. The predicted octanol–water partition coefficient (Wildman–Crippen LogP) is 3.27. The van der Waals surface area contributed by atoms with Crippen LogP contribution in [0.1, 0.15) is 16.9 Å². The summed E-state index contributed by atoms with van der Waals surface area (Å²) < 4.78 is 34.4. The molecule has 6 nitrogen and oxygen atoms in total. The summed E-state index contributed by atoms with van der Waals surface area (Å²) in [6, 6.07) is 13.5. The van der Waals surface area contributed by atoms with E-state index in [1.165, 1.54) is 35.0 Å². The quantitative estimate of drug-likeness (QED) is 0.589. The minimum atomic E-state index is -0.427. The van der Waals surface area contributed by atoms with Gasteiger partial charge in [-0.1, -0.05) is 12.1 Å². The first-order chi connectivity index (χ1) is 15.1. The lowest BCUT2D eigenvalue weighted by Crippen LogP contribution is -2.38. The Bertz CT molecular complexity index is 1030. The van der Waals surface area contributed by atoms with Crippen molar-refractivity contribution in [3.05, 3.63) is 71.9 Å². The van der Waals surface area contributed by atoms with E-state index in [4.69, 9.17) is 4.74 Å². The molecule has 2 heterocycles. The Hall–Kier alpha value is -3.10. The van der Waals surface area contributed by atoms with Crippen molar-refractivity contribution in [2.45, 2.75) is 6.42 Å². The molecule has 31 heavy (non-hydrogen) atoms. The molecule has 1 N–H and O–H groups in total. The van der Waals surface area contributed by atoms with Crippen molar-refractivity contribution in [1.29, 1.82) is 0 Å². The molecule has 0 atom stereocenters. The number of rotatable bonds is 7. The molecule has 1 aromatic heterocycles. The molecule has 162 valence electrons. The van der Waals surface area contributed by atoms with Gasteiger partial charge in [-0.15, -0.1) is 0 Å². The fourth-order valence-corrected chi connectivity index (χ4v) is 3.54. The summed E-state index contributed by atoms with van der Waals surface area (Å²) in [4.78, 5) is 15.2. The van der Waals surface area contributed by atoms with Crippen LogP contribution in [0.3, 0.4) is 0 Å². The van der Waals surface area contributed by atoms with E-state index >= 15 is 0 Å². The first-order valence-electron chi connectivity index (χ1n) is 10.3. The van der Waals surface area contributed by atoms with Crippen LogP contribution in [0.25, 0.3) is 16.9 Å². The number of carbonyl (C=O) groups is 1. The van der Waals surface area contributed by atoms with Crippen LogP contribution in [0.15, 0.2) is 54.6 Å². The summed E-state index contributed by atoms with van der Waals surface area (Å²) >= 11 is 0. The summed E-state index contributed by atoms with van der Waals surface area (Å²) in [6.45, 7) is 4.65. The van der Waals surface area contributed by atoms with Gasteiger partial charge in [0.15, 0.2) is 0 Å². The molecule has 0 saturated carbocycles. The molecule has 1 aliphatic rings. The number of amides is 1. The van der Waals surface area contributed by atoms with Crippen molar-refractivity contribution in [3.63, 3.8) is 0 Å². The van der Waals surface area contributed by atoms with Gasteiger partial charge >= 0.3 is 0 Å². The largest absolute Gasteiger partial charge is 0.379 e. The molecule has 0 spiro atoms. The molecular formula is C23H24F2N4O2. The summed E-state index contributed by atoms with van der Waals surface area (Å²) in [5, 5.41) is 7.35. The fraction of sp³-hybridized carbons (Fsp3) is 0.304. The van der Waals surface area contributed by atoms with Crippen LogP contribution in [0.5, 0.6) is 0 Å². The summed E-state index contributed by atoms with van der Waals surface area (Å²) in [5.74, 6) is -1.13. The van der Waals surface area contributed by atoms with Gasteiger partial charge in [-0.3, -0.25) is 9.69 Å². The second-order valence-corrected chi connectivity index (χ2v) is 7.35. The Morgan fingerprint density at radius 1 is 1.06 bits per heavy atom. The van der Waals surface area contributed by atoms with Crippen LogP contribution in [0.2, 0.25) is 0 Å². The smallest absolute Gasteiger partial charge is 0.270 e. The Labute approximate surface area is 179 Å². The molecule has 0 bridgehead atoms. The number of aromatic nitrogens is 2. The first kappa shape index (κ1) is 21.1. The van der Waals surface area contributed by atoms with Crippen LogP contribution >= 0.6 is 0 Å². The Morgan fingerprint density at radius 2 is 1.81 bits per heavy atom. The van der Waals surface area contributed by atoms with E-state index in [0.29, 0.717) is 23.5 Å². The standard InChI is InChI=1S/C23H24F2N4O2/c24-17-6-8-18(9-7-17)29-22(16-21(27-29)19-4-1-2-5-20(19)25)23(30)26-10-3-11-28-12-14-31-15-13-28/h1-2,4-9,16H,3,10-15H2,(H,26,30). The number of nitrogens with one attached hydrogen (secondary N) is 1. The second kappa shape index (κ2) is 9.80. The van der Waals surface area contributed by atoms with Crippen LogP contribution in [0, 0.1) is 11.6 Å². The summed E-state index contributed by atoms with van der Waals surface area (Å²) in [5.41, 5.74) is 1.41. The van der Waals surface area contributed by atoms with Gasteiger partial charge in [-0.05, 0) is 55.4 Å². The van der Waals surface area contributed by atoms with Crippen molar-refractivity contribution in [2.75, 3.05) is 39.4 Å². The minimum Gasteiger partial charge on any atom is -0.379 e. The Morgan fingerprint density at radius 3 is 2.55 bits per heavy atom. The topological polar surface area (TPSA) is 59.4 Å². The normalized spacial score (nSPS) is 14.5. The number of hydrogen-bond acceptors (Lipinski definition) is 4. The molecule has 0 unspecified atom stereocenters. The first-order valence-corrected chi connectivity index (χ1v) is 10.3. The van der Waals surface area contributed by atoms with Crippen LogP contribution in [-0.2, 0) is 4.74 Å². The van der Waals surface area contributed by atoms with Crippen molar-refractivity contribution >= 4 is 5.91 Å². The van der Waals surface area contributed by atoms with Gasteiger partial charge < -0.3 is 10.1 Å². The summed E-state index contributed by atoms with van der Waals surface area (Å²) in [7, 11) is 0. The highest BCUT2D eigenvalue weighted by molar-refractivity contribution is 5.94. The molecule has 8 heteroatoms. The highest BCUT2D eigenvalue weighted by atomic mass is 19.1. The zero-order chi connectivity index (χ0) is 21.6. The molecule has 1 aliphatic heterocycles. The highest BCUT2D eigenvalue weighted by Gasteiger charge is 2.19. The SMILES string of the molecule is O=C(NCCCN1CCOCC1)c1cc(-c2ccccc2F)nn1-c1ccc(F)cc1. The zero-order valence-electron chi connectivity index (χ0n) is 17.1. The lowest BCUT2D eigenvalue weighted by atomic mass is 10.1. The minimum absolute atomic E-state index is 0.260. The molecule has 4 rings (SSSR count). The maximum absolute atomic E-state index is 14.3. The van der Waals surface area contributed by atoms with Gasteiger partial charge in [0.2, 0.25) is 0 Å². The molecule has 1 fully saturated rings. The third-order valence-corrected chi connectivity index (χ3v) is 5.20. The number of benzene rings is 2. The van der Waals surface area contributed by atoms with Crippen molar-refractivity contribution in [1.82, 2.24) is 20.0 Å². The van der Waals surface area contributed by atoms with Crippen LogP contribution < -0.4 is 5.32 Å². The molecule has 3 aromatic rings. The molecule has 1 saturated heterocycles. The van der Waals surface area contributed by atoms with Crippen LogP contribution in [0.4, 0.5) is 8.78 Å². The lowest BCUT2D eigenvalue weighted by Gasteiger charge is -2.26. The highest BCUT2D eigenvalue weighted by Crippen LogP contribution is 2.24. The molecular weight excluding hydrogens is 402 g/mol. The molecule has 0 radical (unpaired) electrons. The molecule has 0 aliphatic carbocycles. The average Bonchev–Trinajstić information content (AvgIpc) is 3.23. The number of halogens is 2. The van der Waals surface area contributed by atoms with E-state index in [1.807, 2.05) is 0 Å². The number of ether oxygens (including phenoxy) is 1. The Kier molecular flexibility index (Phi) is 6.69. The van der Waals surface area contributed by atoms with Gasteiger partial charge in [-0.2, -0.15) is 5.10 Å². The number of morpholine rings is 1. The Balaban J connectivity index is 1.52. The maximum atomic E-state index is 14.3. The van der Waals surface area contributed by atoms with Gasteiger partial charge in [0, 0.05) is 25.2 Å². The van der Waals surface area contributed by atoms with E-state index in [9.17, 15) is 13.6 Å². The summed E-state index contributed by atoms with van der Waals surface area (Å²) in [6.07, 6.45) is 0.802. The predicted molar refractivity (Wildman–Crippen MR) is 113 cm³/mol. The zero-order valence-corrected chi connectivity index (χ0v) is 17.1. The fourth-order valence-electron chi connectivity index (χ4n) is 3.54. The van der Waals surface area contributed by atoms with Crippen molar-refractivity contribution in [2.24, 2.45) is 0 Å². The van der Waals surface area contributed by atoms with E-state index in [0.717, 1.165) is 39.3 Å². The third kappa shape index (κ3) is 5.15. The van der Waals surface area contributed by atoms with E-state index in [1.54, 1.807) is 24.3 Å². The van der Waals surface area contributed by atoms with Gasteiger partial charge in [-0.25, -0.2) is 13.5 Å². The molecule has 2 aromatic carbocycles. The van der Waals surface area contributed by atoms with Crippen LogP contribution in [-0.4, -0.2) is 60.0 Å². The lowest BCUT2D eigenvalue weighted by molar-refractivity contribution is 0.0374. The monoisotopic (exact) mass is 426 g/mol. The van der Waals surface area contributed by atoms with E-state index in [2.05, 4.69) is 15.3 Å². The third-order valence-electron chi connectivity index (χ3n) is 5.20. The van der Waals surface area contributed by atoms with E-state index in [-0.39, 0.29) is 17.4 Å². The average molecular weight is 426 g/mol.